The van der Waals surface area contributed by atoms with Crippen molar-refractivity contribution >= 4 is 29.1 Å². The number of Topliss-reactive ketones (excluding diaryl/α,β-unsaturated/α-hetero) is 1. The highest BCUT2D eigenvalue weighted by Crippen LogP contribution is 2.33. The number of rotatable bonds is 6. The number of ketones is 1. The molecule has 1 amide bonds. The summed E-state index contributed by atoms with van der Waals surface area (Å²) in [6.07, 6.45) is 0. The summed E-state index contributed by atoms with van der Waals surface area (Å²) in [6, 6.07) is 15.3. The maximum absolute atomic E-state index is 12.7. The fraction of sp³-hybridized carbons (Fsp3) is 0.238. The van der Waals surface area contributed by atoms with Crippen molar-refractivity contribution in [3.63, 3.8) is 0 Å². The summed E-state index contributed by atoms with van der Waals surface area (Å²) in [5.74, 6) is 0.812. The third kappa shape index (κ3) is 3.33. The molecule has 1 aliphatic rings. The fourth-order valence-electron chi connectivity index (χ4n) is 3.29. The maximum atomic E-state index is 12.7. The molecule has 28 heavy (non-hydrogen) atoms. The number of nitrogens with zero attached hydrogens (tertiary/aromatic N) is 3. The second-order valence-electron chi connectivity index (χ2n) is 6.64. The molecule has 2 aromatic carbocycles. The minimum Gasteiger partial charge on any atom is -0.325 e. The first-order valence-corrected chi connectivity index (χ1v) is 10.2. The number of benzene rings is 2. The van der Waals surface area contributed by atoms with E-state index in [9.17, 15) is 9.59 Å². The van der Waals surface area contributed by atoms with Crippen molar-refractivity contribution in [2.24, 2.45) is 0 Å². The number of hydrogen-bond acceptors (Lipinski definition) is 5. The van der Waals surface area contributed by atoms with Gasteiger partial charge in [0.15, 0.2) is 16.8 Å². The molecular weight excluding hydrogens is 372 g/mol. The minimum absolute atomic E-state index is 0.00580. The van der Waals surface area contributed by atoms with Gasteiger partial charge in [-0.1, -0.05) is 42.1 Å². The van der Waals surface area contributed by atoms with E-state index >= 15 is 0 Å². The Labute approximate surface area is 167 Å². The van der Waals surface area contributed by atoms with E-state index in [0.29, 0.717) is 5.56 Å². The van der Waals surface area contributed by atoms with Gasteiger partial charge in [-0.3, -0.25) is 9.59 Å². The van der Waals surface area contributed by atoms with Crippen LogP contribution in [0.5, 0.6) is 0 Å². The number of amides is 1. The van der Waals surface area contributed by atoms with Gasteiger partial charge in [0.25, 0.3) is 0 Å². The van der Waals surface area contributed by atoms with Gasteiger partial charge < -0.3 is 9.88 Å². The van der Waals surface area contributed by atoms with Crippen LogP contribution in [0, 0.1) is 0 Å². The molecule has 1 atom stereocenters. The number of carbonyl (C=O) groups excluding carboxylic acids is 2. The van der Waals surface area contributed by atoms with Crippen molar-refractivity contribution in [2.45, 2.75) is 31.5 Å². The van der Waals surface area contributed by atoms with Crippen molar-refractivity contribution in [3.05, 3.63) is 59.7 Å². The van der Waals surface area contributed by atoms with Gasteiger partial charge in [-0.05, 0) is 37.6 Å². The number of anilines is 1. The predicted octanol–water partition coefficient (Wildman–Crippen LogP) is 4.00. The lowest BCUT2D eigenvalue weighted by molar-refractivity contribution is -0.116. The van der Waals surface area contributed by atoms with E-state index in [1.54, 1.807) is 12.1 Å². The second-order valence-corrected chi connectivity index (χ2v) is 7.58. The Morgan fingerprint density at radius 1 is 1.18 bits per heavy atom. The SMILES string of the molecule is CCn1c(SCC(=O)c2ccc3c(c2)[C@H](C)C(=O)N3)nnc1-c1ccccc1. The first-order valence-electron chi connectivity index (χ1n) is 9.18. The topological polar surface area (TPSA) is 76.9 Å². The van der Waals surface area contributed by atoms with Gasteiger partial charge in [0.05, 0.1) is 11.7 Å². The Balaban J connectivity index is 1.50. The molecule has 0 bridgehead atoms. The molecule has 0 spiro atoms. The average Bonchev–Trinajstić information content (AvgIpc) is 3.27. The number of hydrogen-bond donors (Lipinski definition) is 1. The zero-order chi connectivity index (χ0) is 19.7. The third-order valence-electron chi connectivity index (χ3n) is 4.89. The molecule has 0 fully saturated rings. The molecule has 0 aliphatic carbocycles. The molecule has 2 heterocycles. The number of nitrogens with one attached hydrogen (secondary N) is 1. The summed E-state index contributed by atoms with van der Waals surface area (Å²) in [7, 11) is 0. The lowest BCUT2D eigenvalue weighted by Gasteiger charge is -2.08. The van der Waals surface area contributed by atoms with Crippen LogP contribution in [0.15, 0.2) is 53.7 Å². The zero-order valence-electron chi connectivity index (χ0n) is 15.7. The maximum Gasteiger partial charge on any atom is 0.231 e. The van der Waals surface area contributed by atoms with Crippen LogP contribution >= 0.6 is 11.8 Å². The summed E-state index contributed by atoms with van der Waals surface area (Å²) < 4.78 is 2.01. The van der Waals surface area contributed by atoms with Gasteiger partial charge in [0.2, 0.25) is 5.91 Å². The van der Waals surface area contributed by atoms with Crippen molar-refractivity contribution in [1.82, 2.24) is 14.8 Å². The van der Waals surface area contributed by atoms with E-state index in [2.05, 4.69) is 15.5 Å². The third-order valence-corrected chi connectivity index (χ3v) is 5.86. The van der Waals surface area contributed by atoms with E-state index < -0.39 is 0 Å². The Morgan fingerprint density at radius 2 is 1.96 bits per heavy atom. The molecule has 3 aromatic rings. The summed E-state index contributed by atoms with van der Waals surface area (Å²) in [5.41, 5.74) is 3.28. The molecule has 0 saturated carbocycles. The van der Waals surface area contributed by atoms with E-state index in [4.69, 9.17) is 0 Å². The van der Waals surface area contributed by atoms with E-state index in [1.165, 1.54) is 11.8 Å². The quantitative estimate of drug-likeness (QED) is 0.507. The number of aromatic nitrogens is 3. The van der Waals surface area contributed by atoms with Crippen LogP contribution in [0.1, 0.15) is 35.7 Å². The highest BCUT2D eigenvalue weighted by molar-refractivity contribution is 7.99. The molecule has 1 N–H and O–H groups in total. The van der Waals surface area contributed by atoms with Crippen LogP contribution in [0.25, 0.3) is 11.4 Å². The number of thioether (sulfide) groups is 1. The monoisotopic (exact) mass is 392 g/mol. The summed E-state index contributed by atoms with van der Waals surface area (Å²) in [6.45, 7) is 4.60. The van der Waals surface area contributed by atoms with Gasteiger partial charge in [-0.2, -0.15) is 0 Å². The lowest BCUT2D eigenvalue weighted by Crippen LogP contribution is -2.08. The molecule has 142 valence electrons. The van der Waals surface area contributed by atoms with Crippen LogP contribution in [0.2, 0.25) is 0 Å². The molecule has 1 aromatic heterocycles. The molecule has 0 saturated heterocycles. The number of fused-ring (bicyclic) bond motifs is 1. The second kappa shape index (κ2) is 7.59. The van der Waals surface area contributed by atoms with E-state index in [1.807, 2.05) is 54.8 Å². The average molecular weight is 392 g/mol. The first kappa shape index (κ1) is 18.4. The Bertz CT molecular complexity index is 1050. The fourth-order valence-corrected chi connectivity index (χ4v) is 4.18. The standard InChI is InChI=1S/C21H20N4O2S/c1-3-25-19(14-7-5-4-6-8-14)23-24-21(25)28-12-18(26)15-9-10-17-16(11-15)13(2)20(27)22-17/h4-11,13H,3,12H2,1-2H3,(H,22,27)/t13-/m0/s1. The largest absolute Gasteiger partial charge is 0.325 e. The van der Waals surface area contributed by atoms with Crippen LogP contribution in [-0.4, -0.2) is 32.2 Å². The Hall–Kier alpha value is -2.93. The highest BCUT2D eigenvalue weighted by Gasteiger charge is 2.27. The van der Waals surface area contributed by atoms with E-state index in [0.717, 1.165) is 34.3 Å². The molecule has 6 nitrogen and oxygen atoms in total. The van der Waals surface area contributed by atoms with Gasteiger partial charge in [0.1, 0.15) is 0 Å². The lowest BCUT2D eigenvalue weighted by atomic mass is 9.99. The molecular formula is C21H20N4O2S. The van der Waals surface area contributed by atoms with Crippen molar-refractivity contribution < 1.29 is 9.59 Å². The van der Waals surface area contributed by atoms with Gasteiger partial charge >= 0.3 is 0 Å². The van der Waals surface area contributed by atoms with Crippen LogP contribution in [0.4, 0.5) is 5.69 Å². The van der Waals surface area contributed by atoms with Gasteiger partial charge in [-0.15, -0.1) is 10.2 Å². The molecule has 1 aliphatic heterocycles. The molecule has 7 heteroatoms. The Morgan fingerprint density at radius 3 is 2.71 bits per heavy atom. The van der Waals surface area contributed by atoms with Gasteiger partial charge in [-0.25, -0.2) is 0 Å². The highest BCUT2D eigenvalue weighted by atomic mass is 32.2. The van der Waals surface area contributed by atoms with Crippen LogP contribution in [-0.2, 0) is 11.3 Å². The zero-order valence-corrected chi connectivity index (χ0v) is 16.5. The number of carbonyl (C=O) groups is 2. The predicted molar refractivity (Wildman–Crippen MR) is 110 cm³/mol. The molecule has 0 unspecified atom stereocenters. The van der Waals surface area contributed by atoms with Gasteiger partial charge in [0, 0.05) is 23.4 Å². The normalized spacial score (nSPS) is 15.4. The molecule has 4 rings (SSSR count). The van der Waals surface area contributed by atoms with Crippen LogP contribution in [0.3, 0.4) is 0 Å². The Kier molecular flexibility index (Phi) is 5.00. The van der Waals surface area contributed by atoms with E-state index in [-0.39, 0.29) is 23.4 Å². The van der Waals surface area contributed by atoms with Crippen molar-refractivity contribution in [3.8, 4) is 11.4 Å². The van der Waals surface area contributed by atoms with Crippen molar-refractivity contribution in [2.75, 3.05) is 11.1 Å². The summed E-state index contributed by atoms with van der Waals surface area (Å²) in [4.78, 5) is 24.5. The molecule has 0 radical (unpaired) electrons. The first-order chi connectivity index (χ1) is 13.6. The summed E-state index contributed by atoms with van der Waals surface area (Å²) in [5, 5.41) is 12.1. The van der Waals surface area contributed by atoms with Crippen LogP contribution < -0.4 is 5.32 Å². The minimum atomic E-state index is -0.230. The summed E-state index contributed by atoms with van der Waals surface area (Å²) >= 11 is 1.38. The van der Waals surface area contributed by atoms with Crippen molar-refractivity contribution in [1.29, 1.82) is 0 Å². The smallest absolute Gasteiger partial charge is 0.231 e.